The molecule has 27 heavy (non-hydrogen) atoms. The molecule has 0 bridgehead atoms. The molecule has 0 spiro atoms. The summed E-state index contributed by atoms with van der Waals surface area (Å²) in [6.45, 7) is 0.211. The van der Waals surface area contributed by atoms with Gasteiger partial charge in [0, 0.05) is 17.0 Å². The Balaban J connectivity index is 0.00000261. The van der Waals surface area contributed by atoms with Gasteiger partial charge in [-0.1, -0.05) is 47.5 Å². The number of carbonyl (C=O) groups is 1. The fourth-order valence-corrected chi connectivity index (χ4v) is 2.96. The molecule has 0 aliphatic rings. The summed E-state index contributed by atoms with van der Waals surface area (Å²) in [5.74, 6) is -0.967. The van der Waals surface area contributed by atoms with E-state index in [1.165, 1.54) is 10.8 Å². The van der Waals surface area contributed by atoms with Crippen molar-refractivity contribution in [3.63, 3.8) is 0 Å². The average molecular weight is 426 g/mol. The minimum absolute atomic E-state index is 0. The van der Waals surface area contributed by atoms with Gasteiger partial charge in [-0.3, -0.25) is 9.59 Å². The zero-order valence-electron chi connectivity index (χ0n) is 13.9. The summed E-state index contributed by atoms with van der Waals surface area (Å²) in [6.07, 6.45) is 1.45. The maximum absolute atomic E-state index is 12.8. The normalized spacial score (nSPS) is 10.3. The number of hydrogen-bond donors (Lipinski definition) is 2. The minimum Gasteiger partial charge on any atom is -0.370 e. The second-order valence-electron chi connectivity index (χ2n) is 5.61. The summed E-state index contributed by atoms with van der Waals surface area (Å²) in [5.41, 5.74) is 11.4. The first-order valence-corrected chi connectivity index (χ1v) is 8.32. The third-order valence-corrected chi connectivity index (χ3v) is 4.53. The number of aliphatic imine (C=N–C) groups is 1. The van der Waals surface area contributed by atoms with Gasteiger partial charge in [0.05, 0.1) is 22.2 Å². The molecule has 0 saturated carbocycles. The number of guanidine groups is 1. The molecule has 0 radical (unpaired) electrons. The molecule has 0 aliphatic carbocycles. The van der Waals surface area contributed by atoms with Crippen LogP contribution in [0.3, 0.4) is 0 Å². The number of halogens is 3. The first-order valence-electron chi connectivity index (χ1n) is 7.57. The summed E-state index contributed by atoms with van der Waals surface area (Å²) in [7, 11) is 0. The second kappa shape index (κ2) is 8.43. The number of nitrogens with zero attached hydrogens (tertiary/aromatic N) is 2. The van der Waals surface area contributed by atoms with Crippen molar-refractivity contribution < 1.29 is 4.79 Å². The highest BCUT2D eigenvalue weighted by Gasteiger charge is 2.15. The van der Waals surface area contributed by atoms with Gasteiger partial charge in [0.25, 0.3) is 11.5 Å². The molecule has 4 N–H and O–H groups in total. The van der Waals surface area contributed by atoms with Crippen molar-refractivity contribution in [2.24, 2.45) is 16.5 Å². The number of hydrogen-bond acceptors (Lipinski definition) is 2. The maximum Gasteiger partial charge on any atom is 0.282 e. The SMILES string of the molecule is Cl.NC(N)=NC(=O)c1cn(Cc2ccc(Cl)c(Cl)c2)c(=O)c2ccccc12. The van der Waals surface area contributed by atoms with Gasteiger partial charge >= 0.3 is 0 Å². The minimum atomic E-state index is -0.621. The Morgan fingerprint density at radius 2 is 1.70 bits per heavy atom. The molecule has 0 aliphatic heterocycles. The zero-order chi connectivity index (χ0) is 18.8. The molecule has 2 aromatic carbocycles. The molecule has 1 heterocycles. The average Bonchev–Trinajstić information content (AvgIpc) is 2.60. The Kier molecular flexibility index (Phi) is 6.49. The molecular formula is C18H15Cl3N4O2. The standard InChI is InChI=1S/C18H14Cl2N4O2.ClH/c19-14-6-5-10(7-15(14)20)8-24-9-13(16(25)23-18(21)22)11-3-1-2-4-12(11)17(24)26;/h1-7,9H,8H2,(H4,21,22,23,25);1H. The maximum atomic E-state index is 12.8. The molecule has 3 aromatic rings. The number of amides is 1. The fraction of sp³-hybridized carbons (Fsp3) is 0.0556. The lowest BCUT2D eigenvalue weighted by atomic mass is 10.1. The number of pyridine rings is 1. The van der Waals surface area contributed by atoms with Gasteiger partial charge in [-0.05, 0) is 23.8 Å². The quantitative estimate of drug-likeness (QED) is 0.497. The van der Waals surface area contributed by atoms with E-state index in [0.29, 0.717) is 20.8 Å². The van der Waals surface area contributed by atoms with E-state index in [1.807, 2.05) is 0 Å². The molecule has 9 heteroatoms. The van der Waals surface area contributed by atoms with Crippen LogP contribution in [0, 0.1) is 0 Å². The molecule has 1 amide bonds. The van der Waals surface area contributed by atoms with Crippen LogP contribution in [-0.4, -0.2) is 16.4 Å². The van der Waals surface area contributed by atoms with E-state index in [4.69, 9.17) is 34.7 Å². The van der Waals surface area contributed by atoms with E-state index in [9.17, 15) is 9.59 Å². The first kappa shape index (κ1) is 20.8. The molecule has 0 fully saturated rings. The number of nitrogens with two attached hydrogens (primary N) is 2. The van der Waals surface area contributed by atoms with Gasteiger partial charge in [-0.15, -0.1) is 12.4 Å². The summed E-state index contributed by atoms with van der Waals surface area (Å²) < 4.78 is 1.41. The monoisotopic (exact) mass is 424 g/mol. The van der Waals surface area contributed by atoms with E-state index in [0.717, 1.165) is 5.56 Å². The predicted octanol–water partition coefficient (Wildman–Crippen LogP) is 3.19. The predicted molar refractivity (Wildman–Crippen MR) is 111 cm³/mol. The lowest BCUT2D eigenvalue weighted by molar-refractivity contribution is 0.100. The van der Waals surface area contributed by atoms with Gasteiger partial charge < -0.3 is 16.0 Å². The third kappa shape index (κ3) is 4.42. The molecule has 0 saturated heterocycles. The molecule has 0 atom stereocenters. The van der Waals surface area contributed by atoms with Gasteiger partial charge in [0.2, 0.25) is 0 Å². The van der Waals surface area contributed by atoms with Crippen molar-refractivity contribution in [1.82, 2.24) is 4.57 Å². The molecular weight excluding hydrogens is 411 g/mol. The third-order valence-electron chi connectivity index (χ3n) is 3.79. The van der Waals surface area contributed by atoms with Gasteiger partial charge in [0.1, 0.15) is 0 Å². The van der Waals surface area contributed by atoms with Crippen LogP contribution in [0.2, 0.25) is 10.0 Å². The highest BCUT2D eigenvalue weighted by Crippen LogP contribution is 2.23. The fourth-order valence-electron chi connectivity index (χ4n) is 2.64. The molecule has 6 nitrogen and oxygen atoms in total. The smallest absolute Gasteiger partial charge is 0.282 e. The number of aromatic nitrogens is 1. The molecule has 0 unspecified atom stereocenters. The van der Waals surface area contributed by atoms with Crippen molar-refractivity contribution in [3.05, 3.63) is 80.2 Å². The Morgan fingerprint density at radius 1 is 1.04 bits per heavy atom. The largest absolute Gasteiger partial charge is 0.370 e. The number of fused-ring (bicyclic) bond motifs is 1. The Labute approximate surface area is 170 Å². The van der Waals surface area contributed by atoms with Crippen LogP contribution >= 0.6 is 35.6 Å². The van der Waals surface area contributed by atoms with E-state index in [2.05, 4.69) is 4.99 Å². The van der Waals surface area contributed by atoms with E-state index in [1.54, 1.807) is 42.5 Å². The Hall–Kier alpha value is -2.54. The van der Waals surface area contributed by atoms with Crippen LogP contribution in [0.25, 0.3) is 10.8 Å². The van der Waals surface area contributed by atoms with Crippen LogP contribution in [0.1, 0.15) is 15.9 Å². The van der Waals surface area contributed by atoms with Crippen LogP contribution in [-0.2, 0) is 6.54 Å². The van der Waals surface area contributed by atoms with Gasteiger partial charge in [-0.25, -0.2) is 0 Å². The van der Waals surface area contributed by atoms with E-state index in [-0.39, 0.29) is 36.0 Å². The number of carbonyl (C=O) groups excluding carboxylic acids is 1. The van der Waals surface area contributed by atoms with Crippen LogP contribution in [0.5, 0.6) is 0 Å². The molecule has 1 aromatic heterocycles. The molecule has 140 valence electrons. The van der Waals surface area contributed by atoms with Crippen molar-refractivity contribution in [2.45, 2.75) is 6.54 Å². The zero-order valence-corrected chi connectivity index (χ0v) is 16.2. The van der Waals surface area contributed by atoms with Crippen LogP contribution < -0.4 is 17.0 Å². The van der Waals surface area contributed by atoms with Gasteiger partial charge in [-0.2, -0.15) is 4.99 Å². The lowest BCUT2D eigenvalue weighted by Gasteiger charge is -2.11. The first-order chi connectivity index (χ1) is 12.4. The van der Waals surface area contributed by atoms with E-state index < -0.39 is 5.91 Å². The number of rotatable bonds is 3. The second-order valence-corrected chi connectivity index (χ2v) is 6.43. The van der Waals surface area contributed by atoms with E-state index >= 15 is 0 Å². The Morgan fingerprint density at radius 3 is 2.33 bits per heavy atom. The summed E-state index contributed by atoms with van der Waals surface area (Å²) in [4.78, 5) is 28.8. The summed E-state index contributed by atoms with van der Waals surface area (Å²) in [6, 6.07) is 11.9. The van der Waals surface area contributed by atoms with Gasteiger partial charge in [0.15, 0.2) is 5.96 Å². The lowest BCUT2D eigenvalue weighted by Crippen LogP contribution is -2.26. The summed E-state index contributed by atoms with van der Waals surface area (Å²) >= 11 is 12.0. The van der Waals surface area contributed by atoms with Crippen molar-refractivity contribution >= 4 is 58.2 Å². The van der Waals surface area contributed by atoms with Crippen LogP contribution in [0.15, 0.2) is 58.4 Å². The van der Waals surface area contributed by atoms with Crippen molar-refractivity contribution in [2.75, 3.05) is 0 Å². The highest BCUT2D eigenvalue weighted by molar-refractivity contribution is 6.42. The molecule has 3 rings (SSSR count). The topological polar surface area (TPSA) is 103 Å². The number of benzene rings is 2. The van der Waals surface area contributed by atoms with Crippen molar-refractivity contribution in [3.8, 4) is 0 Å². The summed E-state index contributed by atoms with van der Waals surface area (Å²) in [5, 5.41) is 1.68. The van der Waals surface area contributed by atoms with Crippen molar-refractivity contribution in [1.29, 1.82) is 0 Å². The highest BCUT2D eigenvalue weighted by atomic mass is 35.5. The van der Waals surface area contributed by atoms with Crippen LogP contribution in [0.4, 0.5) is 0 Å². The Bertz CT molecular complexity index is 1110.